The molecule has 76 valence electrons. The quantitative estimate of drug-likeness (QED) is 0.679. The Bertz CT molecular complexity index is 300. The molecule has 1 saturated carbocycles. The maximum atomic E-state index is 12.7. The molecule has 0 saturated heterocycles. The van der Waals surface area contributed by atoms with E-state index >= 15 is 0 Å². The number of halogens is 1. The molecule has 1 heteroatoms. The zero-order valence-electron chi connectivity index (χ0n) is 8.83. The van der Waals surface area contributed by atoms with Crippen LogP contribution in [0.1, 0.15) is 38.2 Å². The van der Waals surface area contributed by atoms with E-state index in [-0.39, 0.29) is 5.82 Å². The highest BCUT2D eigenvalue weighted by Gasteiger charge is 2.37. The molecule has 0 aliphatic heterocycles. The van der Waals surface area contributed by atoms with E-state index < -0.39 is 0 Å². The van der Waals surface area contributed by atoms with Crippen LogP contribution >= 0.6 is 0 Å². The third kappa shape index (κ3) is 2.14. The van der Waals surface area contributed by atoms with Gasteiger partial charge >= 0.3 is 0 Å². The van der Waals surface area contributed by atoms with E-state index in [1.54, 1.807) is 12.1 Å². The molecule has 0 heterocycles. The summed E-state index contributed by atoms with van der Waals surface area (Å²) in [5.41, 5.74) is 1.32. The number of rotatable bonds is 3. The summed E-state index contributed by atoms with van der Waals surface area (Å²) < 4.78 is 12.7. The lowest BCUT2D eigenvalue weighted by atomic mass is 10.0. The van der Waals surface area contributed by atoms with Crippen LogP contribution in [0, 0.1) is 17.7 Å². The van der Waals surface area contributed by atoms with Crippen LogP contribution in [0.2, 0.25) is 0 Å². The van der Waals surface area contributed by atoms with Gasteiger partial charge in [0.25, 0.3) is 0 Å². The van der Waals surface area contributed by atoms with Crippen LogP contribution in [0.25, 0.3) is 0 Å². The number of hydrogen-bond acceptors (Lipinski definition) is 0. The van der Waals surface area contributed by atoms with E-state index in [9.17, 15) is 4.39 Å². The summed E-state index contributed by atoms with van der Waals surface area (Å²) in [5, 5.41) is 0. The zero-order valence-corrected chi connectivity index (χ0v) is 8.83. The molecule has 0 bridgehead atoms. The number of benzene rings is 1. The fraction of sp³-hybridized carbons (Fsp3) is 0.538. The molecular formula is C13H17F. The molecule has 0 spiro atoms. The highest BCUT2D eigenvalue weighted by molar-refractivity contribution is 5.26. The lowest BCUT2D eigenvalue weighted by Crippen LogP contribution is -1.91. The van der Waals surface area contributed by atoms with Crippen molar-refractivity contribution in [2.45, 2.75) is 32.6 Å². The first-order chi connectivity index (χ1) is 6.66. The first-order valence-electron chi connectivity index (χ1n) is 5.42. The van der Waals surface area contributed by atoms with E-state index in [1.807, 2.05) is 12.1 Å². The molecule has 0 amide bonds. The molecule has 2 atom stereocenters. The van der Waals surface area contributed by atoms with Gasteiger partial charge in [0.05, 0.1) is 0 Å². The predicted octanol–water partition coefficient (Wildman–Crippen LogP) is 3.98. The van der Waals surface area contributed by atoms with Crippen molar-refractivity contribution < 1.29 is 4.39 Å². The second-order valence-electron chi connectivity index (χ2n) is 4.78. The summed E-state index contributed by atoms with van der Waals surface area (Å²) in [6, 6.07) is 7.00. The summed E-state index contributed by atoms with van der Waals surface area (Å²) in [5.74, 6) is 2.21. The average Bonchev–Trinajstić information content (AvgIpc) is 2.84. The van der Waals surface area contributed by atoms with Crippen LogP contribution in [0.15, 0.2) is 24.3 Å². The minimum absolute atomic E-state index is 0.130. The minimum atomic E-state index is -0.130. The summed E-state index contributed by atoms with van der Waals surface area (Å²) in [7, 11) is 0. The lowest BCUT2D eigenvalue weighted by molar-refractivity contribution is 0.532. The summed E-state index contributed by atoms with van der Waals surface area (Å²) in [6.07, 6.45) is 2.60. The Kier molecular flexibility index (Phi) is 2.58. The van der Waals surface area contributed by atoms with Crippen LogP contribution in [-0.2, 0) is 0 Å². The molecule has 0 nitrogen and oxygen atoms in total. The molecule has 14 heavy (non-hydrogen) atoms. The van der Waals surface area contributed by atoms with Crippen molar-refractivity contribution in [2.24, 2.45) is 11.8 Å². The van der Waals surface area contributed by atoms with Gasteiger partial charge < -0.3 is 0 Å². The topological polar surface area (TPSA) is 0 Å². The van der Waals surface area contributed by atoms with Crippen LogP contribution in [-0.4, -0.2) is 0 Å². The van der Waals surface area contributed by atoms with Crippen molar-refractivity contribution in [3.8, 4) is 0 Å². The Hall–Kier alpha value is -0.850. The van der Waals surface area contributed by atoms with Gasteiger partial charge in [-0.3, -0.25) is 0 Å². The molecule has 1 aliphatic rings. The molecule has 0 aromatic heterocycles. The van der Waals surface area contributed by atoms with Gasteiger partial charge in [0.2, 0.25) is 0 Å². The van der Waals surface area contributed by atoms with E-state index in [0.29, 0.717) is 5.92 Å². The van der Waals surface area contributed by atoms with Crippen LogP contribution < -0.4 is 0 Å². The largest absolute Gasteiger partial charge is 0.207 e. The standard InChI is InChI=1S/C13H17F/c1-9(2)7-11-8-13(11)10-3-5-12(14)6-4-10/h3-6,9,11,13H,7-8H2,1-2H3/t11-,13+/m0/s1. The molecule has 1 fully saturated rings. The van der Waals surface area contributed by atoms with Gasteiger partial charge in [-0.15, -0.1) is 0 Å². The van der Waals surface area contributed by atoms with Crippen molar-refractivity contribution in [3.63, 3.8) is 0 Å². The first kappa shape index (κ1) is 9.70. The van der Waals surface area contributed by atoms with E-state index in [2.05, 4.69) is 13.8 Å². The van der Waals surface area contributed by atoms with Gasteiger partial charge in [0.15, 0.2) is 0 Å². The Morgan fingerprint density at radius 2 is 1.93 bits per heavy atom. The molecule has 1 aromatic rings. The van der Waals surface area contributed by atoms with E-state index in [0.717, 1.165) is 11.8 Å². The smallest absolute Gasteiger partial charge is 0.123 e. The van der Waals surface area contributed by atoms with Crippen molar-refractivity contribution in [2.75, 3.05) is 0 Å². The Morgan fingerprint density at radius 1 is 1.29 bits per heavy atom. The van der Waals surface area contributed by atoms with Crippen molar-refractivity contribution in [1.29, 1.82) is 0 Å². The minimum Gasteiger partial charge on any atom is -0.207 e. The Balaban J connectivity index is 1.96. The predicted molar refractivity (Wildman–Crippen MR) is 56.7 cm³/mol. The van der Waals surface area contributed by atoms with Gasteiger partial charge in [-0.25, -0.2) is 4.39 Å². The molecule has 0 radical (unpaired) electrons. The van der Waals surface area contributed by atoms with Gasteiger partial charge in [-0.05, 0) is 48.3 Å². The maximum absolute atomic E-state index is 12.7. The van der Waals surface area contributed by atoms with E-state index in [1.165, 1.54) is 18.4 Å². The monoisotopic (exact) mass is 192 g/mol. The highest BCUT2D eigenvalue weighted by Crippen LogP contribution is 2.50. The van der Waals surface area contributed by atoms with Gasteiger partial charge in [0.1, 0.15) is 5.82 Å². The Labute approximate surface area is 85.1 Å². The Morgan fingerprint density at radius 3 is 2.50 bits per heavy atom. The van der Waals surface area contributed by atoms with Crippen molar-refractivity contribution in [1.82, 2.24) is 0 Å². The molecule has 1 aliphatic carbocycles. The second-order valence-corrected chi connectivity index (χ2v) is 4.78. The summed E-state index contributed by atoms with van der Waals surface area (Å²) >= 11 is 0. The fourth-order valence-corrected chi connectivity index (χ4v) is 2.23. The van der Waals surface area contributed by atoms with Gasteiger partial charge in [-0.2, -0.15) is 0 Å². The molecule has 1 aromatic carbocycles. The molecular weight excluding hydrogens is 175 g/mol. The van der Waals surface area contributed by atoms with E-state index in [4.69, 9.17) is 0 Å². The molecule has 2 rings (SSSR count). The maximum Gasteiger partial charge on any atom is 0.123 e. The van der Waals surface area contributed by atoms with Gasteiger partial charge in [0, 0.05) is 0 Å². The number of hydrogen-bond donors (Lipinski definition) is 0. The summed E-state index contributed by atoms with van der Waals surface area (Å²) in [6.45, 7) is 4.53. The van der Waals surface area contributed by atoms with Crippen LogP contribution in [0.3, 0.4) is 0 Å². The SMILES string of the molecule is CC(C)C[C@H]1C[C@@H]1c1ccc(F)cc1. The third-order valence-corrected chi connectivity index (χ3v) is 2.99. The first-order valence-corrected chi connectivity index (χ1v) is 5.42. The van der Waals surface area contributed by atoms with Crippen molar-refractivity contribution in [3.05, 3.63) is 35.6 Å². The third-order valence-electron chi connectivity index (χ3n) is 2.99. The normalized spacial score (nSPS) is 25.4. The highest BCUT2D eigenvalue weighted by atomic mass is 19.1. The lowest BCUT2D eigenvalue weighted by Gasteiger charge is -2.03. The average molecular weight is 192 g/mol. The fourth-order valence-electron chi connectivity index (χ4n) is 2.23. The van der Waals surface area contributed by atoms with Crippen molar-refractivity contribution >= 4 is 0 Å². The zero-order chi connectivity index (χ0) is 10.1. The summed E-state index contributed by atoms with van der Waals surface area (Å²) in [4.78, 5) is 0. The van der Waals surface area contributed by atoms with Crippen LogP contribution in [0.5, 0.6) is 0 Å². The second kappa shape index (κ2) is 3.72. The molecule has 0 unspecified atom stereocenters. The van der Waals surface area contributed by atoms with Crippen LogP contribution in [0.4, 0.5) is 4.39 Å². The molecule has 0 N–H and O–H groups in total. The van der Waals surface area contributed by atoms with Gasteiger partial charge in [-0.1, -0.05) is 26.0 Å².